The first-order valence-corrected chi connectivity index (χ1v) is 6.52. The van der Waals surface area contributed by atoms with Crippen LogP contribution in [0.25, 0.3) is 0 Å². The van der Waals surface area contributed by atoms with Crippen molar-refractivity contribution < 1.29 is 18.8 Å². The van der Waals surface area contributed by atoms with E-state index in [1.165, 1.54) is 13.3 Å². The van der Waals surface area contributed by atoms with Gasteiger partial charge in [0.1, 0.15) is 18.2 Å². The van der Waals surface area contributed by atoms with E-state index in [1.54, 1.807) is 18.2 Å². The summed E-state index contributed by atoms with van der Waals surface area (Å²) in [5, 5.41) is 14.4. The Morgan fingerprint density at radius 2 is 2.09 bits per heavy atom. The second-order valence-corrected chi connectivity index (χ2v) is 4.51. The summed E-state index contributed by atoms with van der Waals surface area (Å²) in [5.74, 6) is 4.85. The monoisotopic (exact) mass is 319 g/mol. The van der Waals surface area contributed by atoms with Gasteiger partial charge in [0.2, 0.25) is 0 Å². The molecule has 0 amide bonds. The molecule has 0 radical (unpaired) electrons. The molecule has 2 aromatic rings. The van der Waals surface area contributed by atoms with Crippen LogP contribution in [-0.4, -0.2) is 18.2 Å². The molecular weight excluding hydrogens is 305 g/mol. The zero-order valence-electron chi connectivity index (χ0n) is 12.2. The summed E-state index contributed by atoms with van der Waals surface area (Å²) in [4.78, 5) is 10.3. The summed E-state index contributed by atoms with van der Waals surface area (Å²) >= 11 is 0. The molecule has 0 heterocycles. The third-order valence-corrected chi connectivity index (χ3v) is 3.03. The van der Waals surface area contributed by atoms with Crippen LogP contribution < -0.4 is 15.3 Å². The lowest BCUT2D eigenvalue weighted by molar-refractivity contribution is -0.386. The second kappa shape index (κ2) is 7.21. The van der Waals surface area contributed by atoms with E-state index in [-0.39, 0.29) is 18.0 Å². The topological polar surface area (TPSA) is 100.0 Å². The molecule has 0 fully saturated rings. The average Bonchev–Trinajstić information content (AvgIpc) is 2.53. The predicted octanol–water partition coefficient (Wildman–Crippen LogP) is 2.61. The molecule has 2 rings (SSSR count). The van der Waals surface area contributed by atoms with Gasteiger partial charge in [-0.3, -0.25) is 10.1 Å². The number of nitrogens with two attached hydrogens (primary N) is 1. The van der Waals surface area contributed by atoms with Crippen molar-refractivity contribution in [3.63, 3.8) is 0 Å². The highest BCUT2D eigenvalue weighted by Crippen LogP contribution is 2.29. The molecular formula is C15H14FN3O4. The minimum Gasteiger partial charge on any atom is -0.496 e. The maximum atomic E-state index is 13.3. The zero-order chi connectivity index (χ0) is 16.8. The smallest absolute Gasteiger partial charge is 0.311 e. The van der Waals surface area contributed by atoms with Crippen molar-refractivity contribution in [1.82, 2.24) is 0 Å². The largest absolute Gasteiger partial charge is 0.496 e. The van der Waals surface area contributed by atoms with Crippen LogP contribution in [0.3, 0.4) is 0 Å². The Morgan fingerprint density at radius 3 is 2.74 bits per heavy atom. The quantitative estimate of drug-likeness (QED) is 0.382. The number of hydrazone groups is 1. The molecule has 0 unspecified atom stereocenters. The van der Waals surface area contributed by atoms with Gasteiger partial charge in [-0.1, -0.05) is 0 Å². The molecule has 0 saturated heterocycles. The minimum atomic E-state index is -0.635. The molecule has 0 aliphatic carbocycles. The standard InChI is InChI=1S/C15H14FN3O4/c1-22-14-5-2-10(8-18-17)6-11(14)9-23-15-7-12(16)3-4-13(15)19(20)21/h2-8H,9,17H2,1H3. The van der Waals surface area contributed by atoms with E-state index >= 15 is 0 Å². The number of nitro groups is 1. The molecule has 2 N–H and O–H groups in total. The van der Waals surface area contributed by atoms with E-state index in [0.29, 0.717) is 16.9 Å². The fourth-order valence-corrected chi connectivity index (χ4v) is 1.99. The molecule has 0 aliphatic heterocycles. The highest BCUT2D eigenvalue weighted by molar-refractivity contribution is 5.80. The summed E-state index contributed by atoms with van der Waals surface area (Å²) in [6.45, 7) is -0.0419. The number of halogens is 1. The van der Waals surface area contributed by atoms with Crippen molar-refractivity contribution in [2.45, 2.75) is 6.61 Å². The summed E-state index contributed by atoms with van der Waals surface area (Å²) < 4.78 is 23.9. The van der Waals surface area contributed by atoms with Gasteiger partial charge in [0.05, 0.1) is 18.2 Å². The molecule has 0 atom stereocenters. The molecule has 0 saturated carbocycles. The first-order chi connectivity index (χ1) is 11.0. The number of rotatable bonds is 6. The SMILES string of the molecule is COc1ccc(C=NN)cc1COc1cc(F)ccc1[N+](=O)[O-]. The Balaban J connectivity index is 2.28. The lowest BCUT2D eigenvalue weighted by Crippen LogP contribution is -2.02. The molecule has 7 nitrogen and oxygen atoms in total. The van der Waals surface area contributed by atoms with Crippen LogP contribution in [0.4, 0.5) is 10.1 Å². The Hall–Kier alpha value is -3.16. The highest BCUT2D eigenvalue weighted by Gasteiger charge is 2.16. The number of benzene rings is 2. The summed E-state index contributed by atoms with van der Waals surface area (Å²) in [7, 11) is 1.49. The maximum absolute atomic E-state index is 13.3. The Bertz CT molecular complexity index is 749. The maximum Gasteiger partial charge on any atom is 0.311 e. The molecule has 0 spiro atoms. The molecule has 0 bridgehead atoms. The molecule has 0 aromatic heterocycles. The number of nitro benzene ring substituents is 1. The fraction of sp³-hybridized carbons (Fsp3) is 0.133. The molecule has 120 valence electrons. The van der Waals surface area contributed by atoms with Crippen molar-refractivity contribution in [2.24, 2.45) is 10.9 Å². The van der Waals surface area contributed by atoms with Crippen LogP contribution in [0.2, 0.25) is 0 Å². The first-order valence-electron chi connectivity index (χ1n) is 6.52. The number of hydrogen-bond acceptors (Lipinski definition) is 6. The van der Waals surface area contributed by atoms with E-state index in [9.17, 15) is 14.5 Å². The van der Waals surface area contributed by atoms with Gasteiger partial charge in [-0.05, 0) is 29.8 Å². The Morgan fingerprint density at radius 1 is 1.30 bits per heavy atom. The normalized spacial score (nSPS) is 10.7. The van der Waals surface area contributed by atoms with Crippen LogP contribution in [0.15, 0.2) is 41.5 Å². The van der Waals surface area contributed by atoms with Crippen molar-refractivity contribution in [3.05, 3.63) is 63.5 Å². The van der Waals surface area contributed by atoms with Gasteiger partial charge in [0.25, 0.3) is 0 Å². The number of methoxy groups -OCH3 is 1. The molecule has 8 heteroatoms. The minimum absolute atomic E-state index is 0.0419. The first kappa shape index (κ1) is 16.2. The Labute approximate surface area is 131 Å². The van der Waals surface area contributed by atoms with Crippen molar-refractivity contribution in [3.8, 4) is 11.5 Å². The van der Waals surface area contributed by atoms with Crippen LogP contribution in [0.5, 0.6) is 11.5 Å². The molecule has 0 aliphatic rings. The van der Waals surface area contributed by atoms with Crippen LogP contribution >= 0.6 is 0 Å². The van der Waals surface area contributed by atoms with Crippen molar-refractivity contribution >= 4 is 11.9 Å². The van der Waals surface area contributed by atoms with Gasteiger partial charge < -0.3 is 15.3 Å². The summed E-state index contributed by atoms with van der Waals surface area (Å²) in [6.07, 6.45) is 1.44. The van der Waals surface area contributed by atoms with Gasteiger partial charge in [-0.15, -0.1) is 0 Å². The lowest BCUT2D eigenvalue weighted by Gasteiger charge is -2.11. The van der Waals surface area contributed by atoms with E-state index in [1.807, 2.05) is 0 Å². The lowest BCUT2D eigenvalue weighted by atomic mass is 10.1. The van der Waals surface area contributed by atoms with Gasteiger partial charge in [-0.2, -0.15) is 5.10 Å². The van der Waals surface area contributed by atoms with Gasteiger partial charge >= 0.3 is 5.69 Å². The van der Waals surface area contributed by atoms with E-state index in [4.69, 9.17) is 15.3 Å². The predicted molar refractivity (Wildman–Crippen MR) is 82.2 cm³/mol. The number of nitrogens with zero attached hydrogens (tertiary/aromatic N) is 2. The van der Waals surface area contributed by atoms with Gasteiger partial charge in [0, 0.05) is 17.7 Å². The molecule has 2 aromatic carbocycles. The Kier molecular flexibility index (Phi) is 5.08. The fourth-order valence-electron chi connectivity index (χ4n) is 1.99. The summed E-state index contributed by atoms with van der Waals surface area (Å²) in [6, 6.07) is 8.17. The van der Waals surface area contributed by atoms with Crippen LogP contribution in [0, 0.1) is 15.9 Å². The number of hydrogen-bond donors (Lipinski definition) is 1. The van der Waals surface area contributed by atoms with Gasteiger partial charge in [0.15, 0.2) is 5.75 Å². The average molecular weight is 319 g/mol. The third-order valence-electron chi connectivity index (χ3n) is 3.03. The second-order valence-electron chi connectivity index (χ2n) is 4.51. The van der Waals surface area contributed by atoms with E-state index in [2.05, 4.69) is 5.10 Å². The third kappa shape index (κ3) is 3.94. The molecule has 23 heavy (non-hydrogen) atoms. The highest BCUT2D eigenvalue weighted by atomic mass is 19.1. The van der Waals surface area contributed by atoms with Gasteiger partial charge in [-0.25, -0.2) is 4.39 Å². The summed E-state index contributed by atoms with van der Waals surface area (Å²) in [5.41, 5.74) is 1.01. The zero-order valence-corrected chi connectivity index (χ0v) is 12.2. The van der Waals surface area contributed by atoms with Crippen LogP contribution in [0.1, 0.15) is 11.1 Å². The number of ether oxygens (including phenoxy) is 2. The van der Waals surface area contributed by atoms with Crippen LogP contribution in [-0.2, 0) is 6.61 Å². The van der Waals surface area contributed by atoms with Crippen molar-refractivity contribution in [1.29, 1.82) is 0 Å². The van der Waals surface area contributed by atoms with Crippen molar-refractivity contribution in [2.75, 3.05) is 7.11 Å². The van der Waals surface area contributed by atoms with E-state index in [0.717, 1.165) is 18.2 Å². The van der Waals surface area contributed by atoms with E-state index < -0.39 is 10.7 Å².